The summed E-state index contributed by atoms with van der Waals surface area (Å²) >= 11 is 0. The van der Waals surface area contributed by atoms with Gasteiger partial charge in [0.2, 0.25) is 0 Å². The van der Waals surface area contributed by atoms with Crippen LogP contribution in [0.1, 0.15) is 64.0 Å². The lowest BCUT2D eigenvalue weighted by Gasteiger charge is -2.20. The number of benzene rings is 1. The highest BCUT2D eigenvalue weighted by Gasteiger charge is 2.18. The van der Waals surface area contributed by atoms with Crippen molar-refractivity contribution in [2.24, 2.45) is 5.92 Å². The molecule has 1 aromatic rings. The van der Waals surface area contributed by atoms with Gasteiger partial charge in [0.1, 0.15) is 5.78 Å². The molecule has 1 atom stereocenters. The van der Waals surface area contributed by atoms with Crippen molar-refractivity contribution in [3.8, 4) is 0 Å². The monoisotopic (exact) mass is 258 g/mol. The second-order valence-electron chi connectivity index (χ2n) is 7.01. The quantitative estimate of drug-likeness (QED) is 0.704. The van der Waals surface area contributed by atoms with E-state index in [2.05, 4.69) is 45.0 Å². The topological polar surface area (TPSA) is 17.1 Å². The summed E-state index contributed by atoms with van der Waals surface area (Å²) < 4.78 is 0. The molecule has 0 heterocycles. The molecule has 1 fully saturated rings. The minimum Gasteiger partial charge on any atom is -0.300 e. The molecule has 0 N–H and O–H groups in total. The van der Waals surface area contributed by atoms with E-state index in [1.807, 2.05) is 0 Å². The third-order valence-electron chi connectivity index (χ3n) is 4.18. The first kappa shape index (κ1) is 14.3. The van der Waals surface area contributed by atoms with E-state index in [4.69, 9.17) is 0 Å². The average molecular weight is 258 g/mol. The maximum absolute atomic E-state index is 11.7. The van der Waals surface area contributed by atoms with Gasteiger partial charge in [0.25, 0.3) is 0 Å². The molecule has 0 spiro atoms. The standard InChI is InChI=1S/C18H26O/c1-18(2,3)16-10-8-14(9-11-16)12-15-6-4-5-7-17(19)13-15/h8-11,15H,4-7,12-13H2,1-3H3. The van der Waals surface area contributed by atoms with E-state index in [9.17, 15) is 4.79 Å². The van der Waals surface area contributed by atoms with Crippen molar-refractivity contribution in [1.82, 2.24) is 0 Å². The first-order chi connectivity index (χ1) is 8.95. The zero-order chi connectivity index (χ0) is 13.9. The van der Waals surface area contributed by atoms with Crippen molar-refractivity contribution in [3.05, 3.63) is 35.4 Å². The predicted octanol–water partition coefficient (Wildman–Crippen LogP) is 4.68. The Balaban J connectivity index is 2.01. The number of ketones is 1. The molecule has 104 valence electrons. The summed E-state index contributed by atoms with van der Waals surface area (Å²) in [7, 11) is 0. The molecule has 1 aromatic carbocycles. The van der Waals surface area contributed by atoms with Crippen LogP contribution in [0.15, 0.2) is 24.3 Å². The number of Topliss-reactive ketones (excluding diaryl/α,β-unsaturated/α-hetero) is 1. The first-order valence-corrected chi connectivity index (χ1v) is 7.56. The number of carbonyl (C=O) groups excluding carboxylic acids is 1. The summed E-state index contributed by atoms with van der Waals surface area (Å²) in [5, 5.41) is 0. The van der Waals surface area contributed by atoms with E-state index in [1.54, 1.807) is 0 Å². The fraction of sp³-hybridized carbons (Fsp3) is 0.611. The lowest BCUT2D eigenvalue weighted by Crippen LogP contribution is -2.11. The van der Waals surface area contributed by atoms with Gasteiger partial charge in [-0.05, 0) is 41.7 Å². The van der Waals surface area contributed by atoms with Gasteiger partial charge < -0.3 is 0 Å². The van der Waals surface area contributed by atoms with Crippen LogP contribution >= 0.6 is 0 Å². The van der Waals surface area contributed by atoms with Gasteiger partial charge in [-0.25, -0.2) is 0 Å². The van der Waals surface area contributed by atoms with Crippen LogP contribution in [0.3, 0.4) is 0 Å². The molecular weight excluding hydrogens is 232 g/mol. The molecule has 1 aliphatic carbocycles. The first-order valence-electron chi connectivity index (χ1n) is 7.56. The van der Waals surface area contributed by atoms with E-state index in [0.717, 1.165) is 25.7 Å². The van der Waals surface area contributed by atoms with Gasteiger partial charge in [-0.3, -0.25) is 4.79 Å². The molecule has 0 aromatic heterocycles. The fourth-order valence-electron chi connectivity index (χ4n) is 2.93. The van der Waals surface area contributed by atoms with Crippen molar-refractivity contribution in [2.75, 3.05) is 0 Å². The van der Waals surface area contributed by atoms with Crippen LogP contribution in [0.25, 0.3) is 0 Å². The summed E-state index contributed by atoms with van der Waals surface area (Å²) in [4.78, 5) is 11.7. The third-order valence-corrected chi connectivity index (χ3v) is 4.18. The number of hydrogen-bond donors (Lipinski definition) is 0. The number of carbonyl (C=O) groups is 1. The smallest absolute Gasteiger partial charge is 0.133 e. The van der Waals surface area contributed by atoms with Crippen molar-refractivity contribution in [2.45, 2.75) is 64.7 Å². The van der Waals surface area contributed by atoms with Crippen molar-refractivity contribution < 1.29 is 4.79 Å². The molecule has 1 unspecified atom stereocenters. The molecule has 0 aliphatic heterocycles. The average Bonchev–Trinajstić information content (AvgIpc) is 2.53. The number of rotatable bonds is 2. The normalized spacial score (nSPS) is 21.2. The zero-order valence-electron chi connectivity index (χ0n) is 12.5. The fourth-order valence-corrected chi connectivity index (χ4v) is 2.93. The summed E-state index contributed by atoms with van der Waals surface area (Å²) in [6.45, 7) is 6.73. The van der Waals surface area contributed by atoms with Crippen molar-refractivity contribution in [1.29, 1.82) is 0 Å². The molecule has 1 heteroatoms. The second-order valence-corrected chi connectivity index (χ2v) is 7.01. The summed E-state index contributed by atoms with van der Waals surface area (Å²) in [5.41, 5.74) is 2.98. The van der Waals surface area contributed by atoms with Gasteiger partial charge in [0.15, 0.2) is 0 Å². The van der Waals surface area contributed by atoms with Gasteiger partial charge in [-0.2, -0.15) is 0 Å². The summed E-state index contributed by atoms with van der Waals surface area (Å²) in [6.07, 6.45) is 6.19. The predicted molar refractivity (Wildman–Crippen MR) is 80.4 cm³/mol. The number of hydrogen-bond acceptors (Lipinski definition) is 1. The van der Waals surface area contributed by atoms with Crippen LogP contribution < -0.4 is 0 Å². The summed E-state index contributed by atoms with van der Waals surface area (Å²) in [5.74, 6) is 1.03. The van der Waals surface area contributed by atoms with Crippen LogP contribution in [0, 0.1) is 5.92 Å². The Labute approximate surface area is 117 Å². The Morgan fingerprint density at radius 1 is 1.11 bits per heavy atom. The molecular formula is C18H26O. The molecule has 0 bridgehead atoms. The van der Waals surface area contributed by atoms with Crippen molar-refractivity contribution >= 4 is 5.78 Å². The lowest BCUT2D eigenvalue weighted by atomic mass is 9.85. The minimum atomic E-state index is 0.219. The maximum Gasteiger partial charge on any atom is 0.133 e. The summed E-state index contributed by atoms with van der Waals surface area (Å²) in [6, 6.07) is 8.98. The van der Waals surface area contributed by atoms with Gasteiger partial charge >= 0.3 is 0 Å². The van der Waals surface area contributed by atoms with E-state index in [1.165, 1.54) is 24.0 Å². The third kappa shape index (κ3) is 4.19. The second kappa shape index (κ2) is 5.90. The molecule has 19 heavy (non-hydrogen) atoms. The Bertz CT molecular complexity index is 422. The molecule has 1 nitrogen and oxygen atoms in total. The zero-order valence-corrected chi connectivity index (χ0v) is 12.5. The highest BCUT2D eigenvalue weighted by molar-refractivity contribution is 5.78. The highest BCUT2D eigenvalue weighted by atomic mass is 16.1. The van der Waals surface area contributed by atoms with E-state index >= 15 is 0 Å². The molecule has 2 rings (SSSR count). The Morgan fingerprint density at radius 2 is 1.79 bits per heavy atom. The van der Waals surface area contributed by atoms with Crippen LogP contribution in [0.2, 0.25) is 0 Å². The SMILES string of the molecule is CC(C)(C)c1ccc(CC2CCCCC(=O)C2)cc1. The van der Waals surface area contributed by atoms with Gasteiger partial charge in [-0.15, -0.1) is 0 Å². The Kier molecular flexibility index (Phi) is 4.44. The van der Waals surface area contributed by atoms with Crippen molar-refractivity contribution in [3.63, 3.8) is 0 Å². The van der Waals surface area contributed by atoms with Crippen LogP contribution in [-0.2, 0) is 16.6 Å². The molecule has 0 amide bonds. The minimum absolute atomic E-state index is 0.219. The lowest BCUT2D eigenvalue weighted by molar-refractivity contribution is -0.119. The van der Waals surface area contributed by atoms with Gasteiger partial charge in [-0.1, -0.05) is 51.5 Å². The Hall–Kier alpha value is -1.11. The largest absolute Gasteiger partial charge is 0.300 e. The molecule has 0 radical (unpaired) electrons. The molecule has 1 aliphatic rings. The van der Waals surface area contributed by atoms with E-state index in [-0.39, 0.29) is 5.41 Å². The van der Waals surface area contributed by atoms with Crippen LogP contribution in [0.4, 0.5) is 0 Å². The molecule has 0 saturated heterocycles. The Morgan fingerprint density at radius 3 is 2.42 bits per heavy atom. The van der Waals surface area contributed by atoms with Crippen LogP contribution in [-0.4, -0.2) is 5.78 Å². The van der Waals surface area contributed by atoms with Gasteiger partial charge in [0.05, 0.1) is 0 Å². The highest BCUT2D eigenvalue weighted by Crippen LogP contribution is 2.26. The molecule has 1 saturated carbocycles. The van der Waals surface area contributed by atoms with Gasteiger partial charge in [0, 0.05) is 12.8 Å². The van der Waals surface area contributed by atoms with E-state index < -0.39 is 0 Å². The van der Waals surface area contributed by atoms with Crippen LogP contribution in [0.5, 0.6) is 0 Å². The van der Waals surface area contributed by atoms with E-state index in [0.29, 0.717) is 11.7 Å². The maximum atomic E-state index is 11.7.